The van der Waals surface area contributed by atoms with Gasteiger partial charge in [0, 0.05) is 5.56 Å². The SMILES string of the molecule is CCc1cc(O)cc(-c2cn[nH]c2N)c1. The lowest BCUT2D eigenvalue weighted by atomic mass is 10.0. The van der Waals surface area contributed by atoms with Crippen molar-refractivity contribution in [3.63, 3.8) is 0 Å². The Bertz CT molecular complexity index is 476. The molecule has 4 heteroatoms. The largest absolute Gasteiger partial charge is 0.508 e. The molecule has 2 rings (SSSR count). The molecule has 0 atom stereocenters. The molecule has 0 unspecified atom stereocenters. The fourth-order valence-electron chi connectivity index (χ4n) is 1.56. The lowest BCUT2D eigenvalue weighted by Gasteiger charge is -2.04. The fourth-order valence-corrected chi connectivity index (χ4v) is 1.56. The summed E-state index contributed by atoms with van der Waals surface area (Å²) >= 11 is 0. The van der Waals surface area contributed by atoms with E-state index < -0.39 is 0 Å². The van der Waals surface area contributed by atoms with Gasteiger partial charge in [0.2, 0.25) is 0 Å². The highest BCUT2D eigenvalue weighted by Crippen LogP contribution is 2.28. The molecule has 78 valence electrons. The van der Waals surface area contributed by atoms with Crippen LogP contribution in [0.3, 0.4) is 0 Å². The second-order valence-corrected chi connectivity index (χ2v) is 3.44. The van der Waals surface area contributed by atoms with Gasteiger partial charge in [-0.1, -0.05) is 13.0 Å². The first-order chi connectivity index (χ1) is 7.20. The van der Waals surface area contributed by atoms with Crippen LogP contribution >= 0.6 is 0 Å². The van der Waals surface area contributed by atoms with Gasteiger partial charge in [-0.2, -0.15) is 5.10 Å². The molecule has 0 fully saturated rings. The summed E-state index contributed by atoms with van der Waals surface area (Å²) < 4.78 is 0. The Morgan fingerprint density at radius 1 is 1.40 bits per heavy atom. The zero-order valence-corrected chi connectivity index (χ0v) is 8.49. The van der Waals surface area contributed by atoms with E-state index in [1.54, 1.807) is 18.3 Å². The average Bonchev–Trinajstić information content (AvgIpc) is 2.63. The number of hydrogen-bond acceptors (Lipinski definition) is 3. The van der Waals surface area contributed by atoms with E-state index in [1.165, 1.54) is 0 Å². The van der Waals surface area contributed by atoms with Crippen molar-refractivity contribution in [2.24, 2.45) is 0 Å². The van der Waals surface area contributed by atoms with Crippen LogP contribution in [0.4, 0.5) is 5.82 Å². The third-order valence-corrected chi connectivity index (χ3v) is 2.37. The standard InChI is InChI=1S/C11H13N3O/c1-2-7-3-8(5-9(15)4-7)10-6-13-14-11(10)12/h3-6,15H,2H2,1H3,(H3,12,13,14). The Morgan fingerprint density at radius 2 is 2.20 bits per heavy atom. The number of nitrogen functional groups attached to an aromatic ring is 1. The predicted octanol–water partition coefficient (Wildman–Crippen LogP) is 1.93. The third-order valence-electron chi connectivity index (χ3n) is 2.37. The van der Waals surface area contributed by atoms with Crippen LogP contribution in [0.25, 0.3) is 11.1 Å². The Balaban J connectivity index is 2.53. The van der Waals surface area contributed by atoms with E-state index in [-0.39, 0.29) is 5.75 Å². The van der Waals surface area contributed by atoms with Crippen LogP contribution in [0.2, 0.25) is 0 Å². The maximum absolute atomic E-state index is 9.54. The van der Waals surface area contributed by atoms with Crippen molar-refractivity contribution in [3.05, 3.63) is 30.0 Å². The number of aromatic amines is 1. The summed E-state index contributed by atoms with van der Waals surface area (Å²) in [5.41, 5.74) is 8.50. The number of H-pyrrole nitrogens is 1. The van der Waals surface area contributed by atoms with E-state index in [1.807, 2.05) is 13.0 Å². The zero-order valence-electron chi connectivity index (χ0n) is 8.49. The number of phenols is 1. The molecule has 4 nitrogen and oxygen atoms in total. The van der Waals surface area contributed by atoms with Crippen molar-refractivity contribution in [3.8, 4) is 16.9 Å². The number of phenolic OH excluding ortho intramolecular Hbond substituents is 1. The predicted molar refractivity (Wildman–Crippen MR) is 59.5 cm³/mol. The number of benzene rings is 1. The number of hydrogen-bond donors (Lipinski definition) is 3. The maximum Gasteiger partial charge on any atom is 0.126 e. The normalized spacial score (nSPS) is 10.5. The number of aryl methyl sites for hydroxylation is 1. The second kappa shape index (κ2) is 3.65. The average molecular weight is 203 g/mol. The van der Waals surface area contributed by atoms with Crippen LogP contribution in [0.1, 0.15) is 12.5 Å². The molecule has 0 bridgehead atoms. The molecular weight excluding hydrogens is 190 g/mol. The molecule has 1 heterocycles. The highest BCUT2D eigenvalue weighted by atomic mass is 16.3. The number of rotatable bonds is 2. The van der Waals surface area contributed by atoms with Crippen molar-refractivity contribution in [1.29, 1.82) is 0 Å². The number of aromatic nitrogens is 2. The molecule has 0 spiro atoms. The summed E-state index contributed by atoms with van der Waals surface area (Å²) in [6.07, 6.45) is 2.53. The van der Waals surface area contributed by atoms with Crippen molar-refractivity contribution in [2.45, 2.75) is 13.3 Å². The zero-order chi connectivity index (χ0) is 10.8. The summed E-state index contributed by atoms with van der Waals surface area (Å²) in [4.78, 5) is 0. The smallest absolute Gasteiger partial charge is 0.126 e. The van der Waals surface area contributed by atoms with E-state index in [9.17, 15) is 5.11 Å². The third kappa shape index (κ3) is 1.79. The summed E-state index contributed by atoms with van der Waals surface area (Å²) in [5, 5.41) is 16.1. The molecule has 0 saturated heterocycles. The van der Waals surface area contributed by atoms with Crippen LogP contribution < -0.4 is 5.73 Å². The molecule has 0 aliphatic heterocycles. The number of nitrogens with one attached hydrogen (secondary N) is 1. The van der Waals surface area contributed by atoms with Gasteiger partial charge in [-0.15, -0.1) is 0 Å². The quantitative estimate of drug-likeness (QED) is 0.698. The molecule has 0 aliphatic rings. The first-order valence-corrected chi connectivity index (χ1v) is 4.83. The molecule has 4 N–H and O–H groups in total. The molecule has 1 aromatic heterocycles. The number of anilines is 1. The van der Waals surface area contributed by atoms with Crippen LogP contribution in [-0.4, -0.2) is 15.3 Å². The molecule has 0 radical (unpaired) electrons. The highest BCUT2D eigenvalue weighted by Gasteiger charge is 2.06. The minimum Gasteiger partial charge on any atom is -0.508 e. The minimum atomic E-state index is 0.255. The molecule has 1 aromatic carbocycles. The van der Waals surface area contributed by atoms with Gasteiger partial charge in [0.25, 0.3) is 0 Å². The van der Waals surface area contributed by atoms with E-state index in [0.29, 0.717) is 5.82 Å². The van der Waals surface area contributed by atoms with Gasteiger partial charge in [0.1, 0.15) is 11.6 Å². The number of aromatic hydroxyl groups is 1. The van der Waals surface area contributed by atoms with Gasteiger partial charge < -0.3 is 10.8 Å². The Kier molecular flexibility index (Phi) is 2.33. The molecule has 0 amide bonds. The van der Waals surface area contributed by atoms with Gasteiger partial charge in [0.15, 0.2) is 0 Å². The summed E-state index contributed by atoms with van der Waals surface area (Å²) in [5.74, 6) is 0.771. The maximum atomic E-state index is 9.54. The van der Waals surface area contributed by atoms with Crippen molar-refractivity contribution in [2.75, 3.05) is 5.73 Å². The Labute approximate surface area is 87.7 Å². The summed E-state index contributed by atoms with van der Waals surface area (Å²) in [6, 6.07) is 5.43. The second-order valence-electron chi connectivity index (χ2n) is 3.44. The molecular formula is C11H13N3O. The monoisotopic (exact) mass is 203 g/mol. The molecule has 2 aromatic rings. The summed E-state index contributed by atoms with van der Waals surface area (Å²) in [6.45, 7) is 2.04. The van der Waals surface area contributed by atoms with Gasteiger partial charge in [-0.25, -0.2) is 0 Å². The lowest BCUT2D eigenvalue weighted by molar-refractivity contribution is 0.475. The highest BCUT2D eigenvalue weighted by molar-refractivity contribution is 5.74. The number of nitrogens with two attached hydrogens (primary N) is 1. The lowest BCUT2D eigenvalue weighted by Crippen LogP contribution is -1.89. The van der Waals surface area contributed by atoms with Gasteiger partial charge >= 0.3 is 0 Å². The summed E-state index contributed by atoms with van der Waals surface area (Å²) in [7, 11) is 0. The van der Waals surface area contributed by atoms with Crippen molar-refractivity contribution >= 4 is 5.82 Å². The first-order valence-electron chi connectivity index (χ1n) is 4.83. The van der Waals surface area contributed by atoms with Crippen molar-refractivity contribution < 1.29 is 5.11 Å². The van der Waals surface area contributed by atoms with Crippen LogP contribution in [0.5, 0.6) is 5.75 Å². The Hall–Kier alpha value is -1.97. The van der Waals surface area contributed by atoms with Gasteiger partial charge in [-0.05, 0) is 29.7 Å². The van der Waals surface area contributed by atoms with Crippen LogP contribution in [0.15, 0.2) is 24.4 Å². The molecule has 15 heavy (non-hydrogen) atoms. The Morgan fingerprint density at radius 3 is 2.80 bits per heavy atom. The first kappa shape index (κ1) is 9.58. The van der Waals surface area contributed by atoms with Gasteiger partial charge in [-0.3, -0.25) is 5.10 Å². The van der Waals surface area contributed by atoms with Crippen molar-refractivity contribution in [1.82, 2.24) is 10.2 Å². The minimum absolute atomic E-state index is 0.255. The molecule has 0 saturated carbocycles. The van der Waals surface area contributed by atoms with Crippen LogP contribution in [-0.2, 0) is 6.42 Å². The van der Waals surface area contributed by atoms with Gasteiger partial charge in [0.05, 0.1) is 6.20 Å². The topological polar surface area (TPSA) is 74.9 Å². The van der Waals surface area contributed by atoms with Crippen LogP contribution in [0, 0.1) is 0 Å². The van der Waals surface area contributed by atoms with E-state index in [4.69, 9.17) is 5.73 Å². The molecule has 0 aliphatic carbocycles. The van der Waals surface area contributed by atoms with E-state index >= 15 is 0 Å². The van der Waals surface area contributed by atoms with E-state index in [2.05, 4.69) is 10.2 Å². The van der Waals surface area contributed by atoms with E-state index in [0.717, 1.165) is 23.1 Å². The fraction of sp³-hybridized carbons (Fsp3) is 0.182. The number of nitrogens with zero attached hydrogens (tertiary/aromatic N) is 1.